The number of fused-ring (bicyclic) bond motifs is 2. The molecule has 1 aliphatic rings. The summed E-state index contributed by atoms with van der Waals surface area (Å²) in [6.07, 6.45) is 0. The van der Waals surface area contributed by atoms with Crippen molar-refractivity contribution in [3.63, 3.8) is 0 Å². The molecule has 0 N–H and O–H groups in total. The van der Waals surface area contributed by atoms with Crippen molar-refractivity contribution < 1.29 is 4.79 Å². The molecule has 0 radical (unpaired) electrons. The molecule has 0 unspecified atom stereocenters. The first-order chi connectivity index (χ1) is 14.1. The summed E-state index contributed by atoms with van der Waals surface area (Å²) in [4.78, 5) is 30.5. The molecule has 29 heavy (non-hydrogen) atoms. The number of hydrogen-bond acceptors (Lipinski definition) is 7. The molecule has 0 spiro atoms. The van der Waals surface area contributed by atoms with Crippen LogP contribution < -0.4 is 0 Å². The standard InChI is InChI=1S/C20H21N7OS/c1-13-11-14(2)27-20(21-13)23-18(24-27)19(28)26-9-7-25(8-10-26)12-17-22-15-5-3-4-6-16(15)29-17/h3-6,11H,7-10,12H2,1-2H3. The summed E-state index contributed by atoms with van der Waals surface area (Å²) in [5.74, 6) is 0.554. The molecule has 1 amide bonds. The van der Waals surface area contributed by atoms with Gasteiger partial charge in [0.25, 0.3) is 11.7 Å². The second kappa shape index (κ2) is 7.16. The van der Waals surface area contributed by atoms with Crippen LogP contribution >= 0.6 is 11.3 Å². The lowest BCUT2D eigenvalue weighted by Gasteiger charge is -2.33. The smallest absolute Gasteiger partial charge is 0.293 e. The SMILES string of the molecule is Cc1cc(C)n2nc(C(=O)N3CCN(Cc4nc5ccccc5s4)CC3)nc2n1. The average Bonchev–Trinajstić information content (AvgIpc) is 3.31. The zero-order valence-corrected chi connectivity index (χ0v) is 17.2. The van der Waals surface area contributed by atoms with Crippen molar-refractivity contribution in [2.45, 2.75) is 20.4 Å². The molecule has 9 heteroatoms. The molecule has 4 heterocycles. The molecule has 3 aromatic heterocycles. The number of carbonyl (C=O) groups is 1. The maximum atomic E-state index is 12.9. The van der Waals surface area contributed by atoms with Crippen LogP contribution in [0.1, 0.15) is 27.0 Å². The molecule has 5 rings (SSSR count). The third-order valence-corrected chi connectivity index (χ3v) is 6.19. The molecule has 0 aliphatic carbocycles. The van der Waals surface area contributed by atoms with Gasteiger partial charge in [-0.2, -0.15) is 4.98 Å². The molecular formula is C20H21N7OS. The Bertz CT molecular complexity index is 1170. The predicted octanol–water partition coefficient (Wildman–Crippen LogP) is 2.31. The number of benzene rings is 1. The number of thiazole rings is 1. The highest BCUT2D eigenvalue weighted by molar-refractivity contribution is 7.18. The van der Waals surface area contributed by atoms with Gasteiger partial charge in [0.15, 0.2) is 0 Å². The second-order valence-corrected chi connectivity index (χ2v) is 8.44. The first-order valence-electron chi connectivity index (χ1n) is 9.64. The monoisotopic (exact) mass is 407 g/mol. The molecule has 0 saturated carbocycles. The Morgan fingerprint density at radius 1 is 1.07 bits per heavy atom. The number of aromatic nitrogens is 5. The van der Waals surface area contributed by atoms with E-state index in [2.05, 4.69) is 26.0 Å². The number of carbonyl (C=O) groups excluding carboxylic acids is 1. The summed E-state index contributed by atoms with van der Waals surface area (Å²) in [7, 11) is 0. The Balaban J connectivity index is 1.25. The topological polar surface area (TPSA) is 79.5 Å². The maximum Gasteiger partial charge on any atom is 0.293 e. The number of amides is 1. The van der Waals surface area contributed by atoms with Gasteiger partial charge in [-0.15, -0.1) is 16.4 Å². The number of para-hydroxylation sites is 1. The van der Waals surface area contributed by atoms with E-state index >= 15 is 0 Å². The number of rotatable bonds is 3. The van der Waals surface area contributed by atoms with E-state index in [-0.39, 0.29) is 11.7 Å². The predicted molar refractivity (Wildman–Crippen MR) is 111 cm³/mol. The molecule has 8 nitrogen and oxygen atoms in total. The Morgan fingerprint density at radius 3 is 2.66 bits per heavy atom. The normalized spacial score (nSPS) is 15.4. The van der Waals surface area contributed by atoms with E-state index in [0.29, 0.717) is 18.9 Å². The highest BCUT2D eigenvalue weighted by Gasteiger charge is 2.26. The summed E-state index contributed by atoms with van der Waals surface area (Å²) in [6.45, 7) is 7.60. The second-order valence-electron chi connectivity index (χ2n) is 7.33. The quantitative estimate of drug-likeness (QED) is 0.519. The zero-order chi connectivity index (χ0) is 20.0. The van der Waals surface area contributed by atoms with Gasteiger partial charge in [0.2, 0.25) is 5.82 Å². The van der Waals surface area contributed by atoms with Crippen LogP contribution in [0.4, 0.5) is 0 Å². The molecule has 1 fully saturated rings. The van der Waals surface area contributed by atoms with Gasteiger partial charge in [0, 0.05) is 37.6 Å². The van der Waals surface area contributed by atoms with Gasteiger partial charge in [-0.1, -0.05) is 12.1 Å². The molecule has 148 valence electrons. The van der Waals surface area contributed by atoms with Crippen molar-refractivity contribution in [1.82, 2.24) is 34.4 Å². The van der Waals surface area contributed by atoms with Crippen LogP contribution in [0.3, 0.4) is 0 Å². The van der Waals surface area contributed by atoms with Crippen molar-refractivity contribution in [3.05, 3.63) is 52.6 Å². The molecule has 1 aromatic carbocycles. The molecule has 4 aromatic rings. The number of hydrogen-bond donors (Lipinski definition) is 0. The number of nitrogens with zero attached hydrogens (tertiary/aromatic N) is 7. The summed E-state index contributed by atoms with van der Waals surface area (Å²) < 4.78 is 2.84. The molecule has 0 bridgehead atoms. The zero-order valence-electron chi connectivity index (χ0n) is 16.4. The van der Waals surface area contributed by atoms with Gasteiger partial charge >= 0.3 is 0 Å². The van der Waals surface area contributed by atoms with Gasteiger partial charge < -0.3 is 4.90 Å². The van der Waals surface area contributed by atoms with Crippen LogP contribution in [0.5, 0.6) is 0 Å². The van der Waals surface area contributed by atoms with Crippen molar-refractivity contribution in [2.24, 2.45) is 0 Å². The number of piperazine rings is 1. The van der Waals surface area contributed by atoms with E-state index in [1.165, 1.54) is 4.70 Å². The Hall–Kier alpha value is -2.91. The van der Waals surface area contributed by atoms with E-state index in [1.807, 2.05) is 43.0 Å². The highest BCUT2D eigenvalue weighted by Crippen LogP contribution is 2.23. The van der Waals surface area contributed by atoms with Gasteiger partial charge in [-0.3, -0.25) is 9.69 Å². The Kier molecular flexibility index (Phi) is 4.48. The molecule has 1 saturated heterocycles. The van der Waals surface area contributed by atoms with Crippen LogP contribution in [0.2, 0.25) is 0 Å². The van der Waals surface area contributed by atoms with Crippen LogP contribution in [-0.2, 0) is 6.54 Å². The van der Waals surface area contributed by atoms with Crippen molar-refractivity contribution in [2.75, 3.05) is 26.2 Å². The van der Waals surface area contributed by atoms with Crippen LogP contribution in [0.15, 0.2) is 30.3 Å². The minimum Gasteiger partial charge on any atom is -0.333 e. The minimum absolute atomic E-state index is 0.132. The van der Waals surface area contributed by atoms with Crippen molar-refractivity contribution >= 4 is 33.2 Å². The summed E-state index contributed by atoms with van der Waals surface area (Å²) in [6, 6.07) is 10.1. The van der Waals surface area contributed by atoms with Gasteiger partial charge in [0.05, 0.1) is 16.8 Å². The molecular weight excluding hydrogens is 386 g/mol. The third-order valence-electron chi connectivity index (χ3n) is 5.17. The first-order valence-corrected chi connectivity index (χ1v) is 10.5. The summed E-state index contributed by atoms with van der Waals surface area (Å²) >= 11 is 1.74. The average molecular weight is 408 g/mol. The van der Waals surface area contributed by atoms with Crippen LogP contribution in [-0.4, -0.2) is 66.5 Å². The largest absolute Gasteiger partial charge is 0.333 e. The van der Waals surface area contributed by atoms with Gasteiger partial charge in [-0.25, -0.2) is 14.5 Å². The van der Waals surface area contributed by atoms with E-state index in [4.69, 9.17) is 4.98 Å². The van der Waals surface area contributed by atoms with E-state index < -0.39 is 0 Å². The Labute approximate surface area is 171 Å². The highest BCUT2D eigenvalue weighted by atomic mass is 32.1. The molecule has 0 atom stereocenters. The molecule has 1 aliphatic heterocycles. The van der Waals surface area contributed by atoms with Crippen LogP contribution in [0.25, 0.3) is 16.0 Å². The van der Waals surface area contributed by atoms with E-state index in [1.54, 1.807) is 15.9 Å². The fraction of sp³-hybridized carbons (Fsp3) is 0.350. The Morgan fingerprint density at radius 2 is 1.86 bits per heavy atom. The van der Waals surface area contributed by atoms with Gasteiger partial charge in [-0.05, 0) is 32.0 Å². The summed E-state index contributed by atoms with van der Waals surface area (Å²) in [5.41, 5.74) is 2.84. The van der Waals surface area contributed by atoms with Crippen LogP contribution in [0, 0.1) is 13.8 Å². The van der Waals surface area contributed by atoms with E-state index in [9.17, 15) is 4.79 Å². The third kappa shape index (κ3) is 3.47. The number of aryl methyl sites for hydroxylation is 2. The summed E-state index contributed by atoms with van der Waals surface area (Å²) in [5, 5.41) is 5.49. The lowest BCUT2D eigenvalue weighted by Crippen LogP contribution is -2.48. The maximum absolute atomic E-state index is 12.9. The minimum atomic E-state index is -0.132. The lowest BCUT2D eigenvalue weighted by atomic mass is 10.3. The van der Waals surface area contributed by atoms with Gasteiger partial charge in [0.1, 0.15) is 5.01 Å². The fourth-order valence-electron chi connectivity index (χ4n) is 3.69. The van der Waals surface area contributed by atoms with E-state index in [0.717, 1.165) is 41.5 Å². The van der Waals surface area contributed by atoms with Crippen molar-refractivity contribution in [1.29, 1.82) is 0 Å². The fourth-order valence-corrected chi connectivity index (χ4v) is 4.70. The lowest BCUT2D eigenvalue weighted by molar-refractivity contribution is 0.0617. The van der Waals surface area contributed by atoms with Crippen molar-refractivity contribution in [3.8, 4) is 0 Å². The first kappa shape index (κ1) is 18.1.